The van der Waals surface area contributed by atoms with E-state index in [0.29, 0.717) is 0 Å². The van der Waals surface area contributed by atoms with Crippen molar-refractivity contribution in [3.05, 3.63) is 210 Å². The largest absolute Gasteiger partial charge is 0.452 e. The van der Waals surface area contributed by atoms with Gasteiger partial charge < -0.3 is 13.7 Å². The lowest BCUT2D eigenvalue weighted by molar-refractivity contribution is 0.634. The highest BCUT2D eigenvalue weighted by Gasteiger charge is 2.21. The van der Waals surface area contributed by atoms with Crippen LogP contribution in [0.2, 0.25) is 0 Å². The molecule has 0 aliphatic rings. The van der Waals surface area contributed by atoms with Crippen molar-refractivity contribution < 1.29 is 8.83 Å². The van der Waals surface area contributed by atoms with Gasteiger partial charge in [-0.25, -0.2) is 0 Å². The minimum Gasteiger partial charge on any atom is -0.452 e. The van der Waals surface area contributed by atoms with E-state index in [1.165, 1.54) is 33.2 Å². The standard InChI is InChI=1S/C53H37NO2/c1-33-11-9-15-38(25-33)51(35-13-5-3-6-14-35)39-20-19-36-29-47-45-23-24-46-48-30-37-21-22-44(54(42-16-7-4-8-17-42)43-18-10-12-34(2)26-43)28-41(37)32-50(48)56-53(46)52(45)55-49(47)31-40(36)27-39/h3-32,51H,1-2H3. The van der Waals surface area contributed by atoms with Crippen LogP contribution in [0.3, 0.4) is 0 Å². The number of benzene rings is 9. The van der Waals surface area contributed by atoms with E-state index in [-0.39, 0.29) is 5.92 Å². The number of para-hydroxylation sites is 1. The molecule has 0 saturated heterocycles. The summed E-state index contributed by atoms with van der Waals surface area (Å²) in [6.45, 7) is 4.30. The van der Waals surface area contributed by atoms with Gasteiger partial charge in [-0.3, -0.25) is 0 Å². The highest BCUT2D eigenvalue weighted by Crippen LogP contribution is 2.43. The van der Waals surface area contributed by atoms with E-state index in [2.05, 4.69) is 201 Å². The smallest absolute Gasteiger partial charge is 0.178 e. The lowest BCUT2D eigenvalue weighted by Gasteiger charge is -2.26. The van der Waals surface area contributed by atoms with Crippen molar-refractivity contribution in [2.24, 2.45) is 0 Å². The van der Waals surface area contributed by atoms with Gasteiger partial charge in [0.25, 0.3) is 0 Å². The van der Waals surface area contributed by atoms with Crippen LogP contribution in [0, 0.1) is 13.8 Å². The van der Waals surface area contributed by atoms with Crippen molar-refractivity contribution in [2.75, 3.05) is 4.90 Å². The molecule has 0 bridgehead atoms. The third-order valence-electron chi connectivity index (χ3n) is 11.4. The fourth-order valence-electron chi connectivity index (χ4n) is 8.74. The number of hydrogen-bond donors (Lipinski definition) is 0. The molecule has 3 nitrogen and oxygen atoms in total. The van der Waals surface area contributed by atoms with Gasteiger partial charge in [-0.2, -0.15) is 0 Å². The molecule has 0 aliphatic heterocycles. The van der Waals surface area contributed by atoms with Gasteiger partial charge in [0.05, 0.1) is 0 Å². The van der Waals surface area contributed by atoms with Crippen LogP contribution in [0.5, 0.6) is 0 Å². The Morgan fingerprint density at radius 2 is 0.893 bits per heavy atom. The summed E-state index contributed by atoms with van der Waals surface area (Å²) in [7, 11) is 0. The van der Waals surface area contributed by atoms with Crippen LogP contribution < -0.4 is 4.90 Å². The van der Waals surface area contributed by atoms with Crippen LogP contribution in [-0.4, -0.2) is 0 Å². The van der Waals surface area contributed by atoms with Gasteiger partial charge in [0.2, 0.25) is 0 Å². The summed E-state index contributed by atoms with van der Waals surface area (Å²) in [5.74, 6) is 0.123. The average molecular weight is 720 g/mol. The predicted octanol–water partition coefficient (Wildman–Crippen LogP) is 15.1. The summed E-state index contributed by atoms with van der Waals surface area (Å²) < 4.78 is 13.5. The van der Waals surface area contributed by atoms with Crippen molar-refractivity contribution in [1.82, 2.24) is 0 Å². The van der Waals surface area contributed by atoms with Gasteiger partial charge in [-0.05, 0) is 130 Å². The van der Waals surface area contributed by atoms with Crippen LogP contribution >= 0.6 is 0 Å². The zero-order valence-electron chi connectivity index (χ0n) is 31.2. The van der Waals surface area contributed by atoms with Gasteiger partial charge in [-0.15, -0.1) is 0 Å². The summed E-state index contributed by atoms with van der Waals surface area (Å²) in [6.07, 6.45) is 0. The number of furan rings is 2. The number of anilines is 3. The first kappa shape index (κ1) is 32.3. The Labute approximate surface area is 324 Å². The van der Waals surface area contributed by atoms with E-state index in [1.54, 1.807) is 0 Å². The molecular formula is C53H37NO2. The maximum absolute atomic E-state index is 6.74. The predicted molar refractivity (Wildman–Crippen MR) is 234 cm³/mol. The maximum Gasteiger partial charge on any atom is 0.178 e. The molecule has 0 saturated carbocycles. The Hall–Kier alpha value is -7.10. The maximum atomic E-state index is 6.74. The van der Waals surface area contributed by atoms with Crippen LogP contribution in [-0.2, 0) is 0 Å². The van der Waals surface area contributed by atoms with E-state index in [9.17, 15) is 0 Å². The number of rotatable bonds is 6. The van der Waals surface area contributed by atoms with Crippen molar-refractivity contribution in [2.45, 2.75) is 19.8 Å². The monoisotopic (exact) mass is 719 g/mol. The quantitative estimate of drug-likeness (QED) is 0.160. The zero-order valence-corrected chi connectivity index (χ0v) is 31.2. The molecule has 9 aromatic carbocycles. The summed E-state index contributed by atoms with van der Waals surface area (Å²) >= 11 is 0. The minimum atomic E-state index is 0.123. The normalized spacial score (nSPS) is 12.4. The number of nitrogens with zero attached hydrogens (tertiary/aromatic N) is 1. The Morgan fingerprint density at radius 3 is 1.55 bits per heavy atom. The van der Waals surface area contributed by atoms with Crippen molar-refractivity contribution >= 4 is 82.5 Å². The van der Waals surface area contributed by atoms with Gasteiger partial charge in [-0.1, -0.05) is 115 Å². The minimum absolute atomic E-state index is 0.123. The molecule has 11 rings (SSSR count). The van der Waals surface area contributed by atoms with Crippen molar-refractivity contribution in [3.8, 4) is 0 Å². The first-order valence-corrected chi connectivity index (χ1v) is 19.3. The molecule has 0 spiro atoms. The Balaban J connectivity index is 1.03. The molecule has 1 atom stereocenters. The lowest BCUT2D eigenvalue weighted by atomic mass is 9.84. The third kappa shape index (κ3) is 5.35. The fourth-order valence-corrected chi connectivity index (χ4v) is 8.74. The second-order valence-electron chi connectivity index (χ2n) is 15.1. The van der Waals surface area contributed by atoms with Gasteiger partial charge in [0, 0.05) is 44.5 Å². The molecule has 56 heavy (non-hydrogen) atoms. The highest BCUT2D eigenvalue weighted by atomic mass is 16.4. The summed E-state index contributed by atoms with van der Waals surface area (Å²) in [5, 5.41) is 8.90. The second kappa shape index (κ2) is 12.8. The van der Waals surface area contributed by atoms with Crippen LogP contribution in [0.1, 0.15) is 33.7 Å². The topological polar surface area (TPSA) is 29.5 Å². The molecule has 0 amide bonds. The summed E-state index contributed by atoms with van der Waals surface area (Å²) in [5.41, 5.74) is 12.9. The molecule has 11 aromatic rings. The third-order valence-corrected chi connectivity index (χ3v) is 11.4. The van der Waals surface area contributed by atoms with Crippen LogP contribution in [0.15, 0.2) is 191 Å². The second-order valence-corrected chi connectivity index (χ2v) is 15.1. The first-order valence-electron chi connectivity index (χ1n) is 19.3. The summed E-state index contributed by atoms with van der Waals surface area (Å²) in [6, 6.07) is 65.7. The molecule has 0 radical (unpaired) electrons. The highest BCUT2D eigenvalue weighted by molar-refractivity contribution is 6.21. The molecule has 1 unspecified atom stereocenters. The summed E-state index contributed by atoms with van der Waals surface area (Å²) in [4.78, 5) is 2.31. The average Bonchev–Trinajstić information content (AvgIpc) is 3.77. The van der Waals surface area contributed by atoms with Crippen molar-refractivity contribution in [1.29, 1.82) is 0 Å². The van der Waals surface area contributed by atoms with Gasteiger partial charge in [0.1, 0.15) is 11.2 Å². The molecule has 0 N–H and O–H groups in total. The number of aryl methyl sites for hydroxylation is 2. The first-order chi connectivity index (χ1) is 27.5. The van der Waals surface area contributed by atoms with Gasteiger partial charge in [0.15, 0.2) is 11.2 Å². The molecule has 2 heterocycles. The van der Waals surface area contributed by atoms with Gasteiger partial charge >= 0.3 is 0 Å². The molecule has 0 fully saturated rings. The lowest BCUT2D eigenvalue weighted by Crippen LogP contribution is -2.09. The van der Waals surface area contributed by atoms with E-state index in [4.69, 9.17) is 8.83 Å². The van der Waals surface area contributed by atoms with E-state index in [1.807, 2.05) is 0 Å². The molecule has 3 heteroatoms. The molecule has 0 aliphatic carbocycles. The number of hydrogen-bond acceptors (Lipinski definition) is 3. The number of fused-ring (bicyclic) bond motifs is 9. The molecule has 2 aromatic heterocycles. The van der Waals surface area contributed by atoms with Crippen molar-refractivity contribution in [3.63, 3.8) is 0 Å². The Kier molecular flexibility index (Phi) is 7.36. The zero-order chi connectivity index (χ0) is 37.3. The Bertz CT molecular complexity index is 3060. The Morgan fingerprint density at radius 1 is 0.357 bits per heavy atom. The molecular weight excluding hydrogens is 683 g/mol. The molecule has 266 valence electrons. The SMILES string of the molecule is Cc1cccc(C(c2ccccc2)c2ccc3cc4c(cc3c2)oc2c4ccc3c4cc5ccc(N(c6ccccc6)c6cccc(C)c6)cc5cc4oc32)c1. The van der Waals surface area contributed by atoms with Crippen LogP contribution in [0.25, 0.3) is 65.4 Å². The van der Waals surface area contributed by atoms with E-state index < -0.39 is 0 Å². The van der Waals surface area contributed by atoms with E-state index in [0.717, 1.165) is 77.1 Å². The van der Waals surface area contributed by atoms with Crippen LogP contribution in [0.4, 0.5) is 17.1 Å². The van der Waals surface area contributed by atoms with E-state index >= 15 is 0 Å². The fraction of sp³-hybridized carbons (Fsp3) is 0.0566.